The molecular weight excluding hydrogens is 336 g/mol. The van der Waals surface area contributed by atoms with Crippen molar-refractivity contribution in [1.82, 2.24) is 24.6 Å². The lowest BCUT2D eigenvalue weighted by molar-refractivity contribution is 0.132. The summed E-state index contributed by atoms with van der Waals surface area (Å²) >= 11 is 0. The summed E-state index contributed by atoms with van der Waals surface area (Å²) in [5.74, 6) is 0.905. The fraction of sp³-hybridized carbons (Fsp3) is 0.429. The molecule has 4 rings (SSSR count). The van der Waals surface area contributed by atoms with Crippen LogP contribution in [0.3, 0.4) is 0 Å². The van der Waals surface area contributed by atoms with Gasteiger partial charge in [-0.3, -0.25) is 9.58 Å². The van der Waals surface area contributed by atoms with Crippen molar-refractivity contribution in [2.75, 3.05) is 38.0 Å². The summed E-state index contributed by atoms with van der Waals surface area (Å²) in [7, 11) is 1.96. The van der Waals surface area contributed by atoms with Gasteiger partial charge >= 0.3 is 0 Å². The minimum atomic E-state index is 0.722. The van der Waals surface area contributed by atoms with Gasteiger partial charge in [-0.1, -0.05) is 31.2 Å². The SMILES string of the molecule is CCN1CCN(Cc2ccc(NCc3cccc4cn(C)nc34)nc2)CC1. The maximum absolute atomic E-state index is 4.60. The van der Waals surface area contributed by atoms with Gasteiger partial charge < -0.3 is 10.2 Å². The lowest BCUT2D eigenvalue weighted by Crippen LogP contribution is -2.45. The highest BCUT2D eigenvalue weighted by Gasteiger charge is 2.15. The Hall–Kier alpha value is -2.44. The van der Waals surface area contributed by atoms with Gasteiger partial charge in [-0.15, -0.1) is 0 Å². The van der Waals surface area contributed by atoms with Gasteiger partial charge in [0.15, 0.2) is 0 Å². The first kappa shape index (κ1) is 17.9. The van der Waals surface area contributed by atoms with Crippen molar-refractivity contribution in [3.05, 3.63) is 53.9 Å². The lowest BCUT2D eigenvalue weighted by Gasteiger charge is -2.33. The molecule has 0 amide bonds. The molecule has 6 nitrogen and oxygen atoms in total. The van der Waals surface area contributed by atoms with E-state index in [1.165, 1.54) is 29.6 Å². The van der Waals surface area contributed by atoms with Crippen LogP contribution in [0.25, 0.3) is 10.9 Å². The van der Waals surface area contributed by atoms with E-state index in [9.17, 15) is 0 Å². The van der Waals surface area contributed by atoms with Crippen LogP contribution in [-0.2, 0) is 20.1 Å². The maximum Gasteiger partial charge on any atom is 0.126 e. The number of pyridine rings is 1. The van der Waals surface area contributed by atoms with Crippen LogP contribution in [0.4, 0.5) is 5.82 Å². The minimum absolute atomic E-state index is 0.722. The Balaban J connectivity index is 1.34. The van der Waals surface area contributed by atoms with Gasteiger partial charge in [0, 0.05) is 64.1 Å². The molecule has 142 valence electrons. The monoisotopic (exact) mass is 364 g/mol. The van der Waals surface area contributed by atoms with E-state index >= 15 is 0 Å². The molecule has 0 saturated carbocycles. The predicted octanol–water partition coefficient (Wildman–Crippen LogP) is 2.72. The van der Waals surface area contributed by atoms with E-state index in [1.54, 1.807) is 0 Å². The van der Waals surface area contributed by atoms with E-state index in [4.69, 9.17) is 0 Å². The number of nitrogens with zero attached hydrogens (tertiary/aromatic N) is 5. The van der Waals surface area contributed by atoms with E-state index in [1.807, 2.05) is 24.1 Å². The molecular formula is C21H28N6. The first-order chi connectivity index (χ1) is 13.2. The van der Waals surface area contributed by atoms with Crippen molar-refractivity contribution >= 4 is 16.7 Å². The second-order valence-corrected chi connectivity index (χ2v) is 7.27. The molecule has 0 bridgehead atoms. The molecule has 3 aromatic rings. The van der Waals surface area contributed by atoms with E-state index in [2.05, 4.69) is 62.5 Å². The van der Waals surface area contributed by atoms with Crippen LogP contribution < -0.4 is 5.32 Å². The van der Waals surface area contributed by atoms with Crippen molar-refractivity contribution < 1.29 is 0 Å². The standard InChI is InChI=1S/C21H28N6/c1-3-26-9-11-27(12-10-26)15-17-7-8-20(22-13-17)23-14-18-5-4-6-19-16-25(2)24-21(18)19/h4-8,13,16H,3,9-12,14-15H2,1-2H3,(H,22,23). The third-order valence-electron chi connectivity index (χ3n) is 5.34. The van der Waals surface area contributed by atoms with Gasteiger partial charge in [-0.2, -0.15) is 5.10 Å². The molecule has 0 unspecified atom stereocenters. The summed E-state index contributed by atoms with van der Waals surface area (Å²) < 4.78 is 1.86. The van der Waals surface area contributed by atoms with Crippen LogP contribution in [-0.4, -0.2) is 57.3 Å². The lowest BCUT2D eigenvalue weighted by atomic mass is 10.1. The van der Waals surface area contributed by atoms with Gasteiger partial charge in [0.25, 0.3) is 0 Å². The van der Waals surface area contributed by atoms with Crippen LogP contribution in [0, 0.1) is 0 Å². The van der Waals surface area contributed by atoms with E-state index < -0.39 is 0 Å². The van der Waals surface area contributed by atoms with Crippen LogP contribution in [0.1, 0.15) is 18.1 Å². The maximum atomic E-state index is 4.60. The Labute approximate surface area is 160 Å². The molecule has 2 aromatic heterocycles. The smallest absolute Gasteiger partial charge is 0.126 e. The largest absolute Gasteiger partial charge is 0.366 e. The van der Waals surface area contributed by atoms with Gasteiger partial charge in [0.05, 0.1) is 5.52 Å². The highest BCUT2D eigenvalue weighted by atomic mass is 15.3. The number of hydrogen-bond donors (Lipinski definition) is 1. The quantitative estimate of drug-likeness (QED) is 0.729. The second kappa shape index (κ2) is 8.06. The number of likely N-dealkylation sites (N-methyl/N-ethyl adjacent to an activating group) is 1. The summed E-state index contributed by atoms with van der Waals surface area (Å²) in [5, 5.41) is 9.16. The zero-order valence-corrected chi connectivity index (χ0v) is 16.2. The third kappa shape index (κ3) is 4.28. The third-order valence-corrected chi connectivity index (χ3v) is 5.34. The zero-order valence-electron chi connectivity index (χ0n) is 16.2. The molecule has 1 aliphatic rings. The van der Waals surface area contributed by atoms with Crippen LogP contribution in [0.15, 0.2) is 42.7 Å². The Morgan fingerprint density at radius 1 is 1.04 bits per heavy atom. The van der Waals surface area contributed by atoms with Crippen LogP contribution in [0.5, 0.6) is 0 Å². The predicted molar refractivity (Wildman–Crippen MR) is 110 cm³/mol. The molecule has 0 aliphatic carbocycles. The molecule has 1 fully saturated rings. The Morgan fingerprint density at radius 2 is 1.85 bits per heavy atom. The molecule has 0 atom stereocenters. The number of hydrogen-bond acceptors (Lipinski definition) is 5. The molecule has 1 aliphatic heterocycles. The molecule has 6 heteroatoms. The van der Waals surface area contributed by atoms with Crippen molar-refractivity contribution in [3.8, 4) is 0 Å². The molecule has 1 aromatic carbocycles. The molecule has 1 saturated heterocycles. The number of fused-ring (bicyclic) bond motifs is 1. The number of nitrogens with one attached hydrogen (secondary N) is 1. The Kier molecular flexibility index (Phi) is 5.36. The Bertz CT molecular complexity index is 877. The average Bonchev–Trinajstić information content (AvgIpc) is 3.09. The highest BCUT2D eigenvalue weighted by molar-refractivity contribution is 5.81. The molecule has 0 radical (unpaired) electrons. The minimum Gasteiger partial charge on any atom is -0.366 e. The normalized spacial score (nSPS) is 16.1. The second-order valence-electron chi connectivity index (χ2n) is 7.27. The molecule has 27 heavy (non-hydrogen) atoms. The van der Waals surface area contributed by atoms with Gasteiger partial charge in [0.2, 0.25) is 0 Å². The zero-order chi connectivity index (χ0) is 18.6. The number of anilines is 1. The van der Waals surface area contributed by atoms with Crippen molar-refractivity contribution in [3.63, 3.8) is 0 Å². The number of benzene rings is 1. The van der Waals surface area contributed by atoms with Crippen molar-refractivity contribution in [2.24, 2.45) is 7.05 Å². The highest BCUT2D eigenvalue weighted by Crippen LogP contribution is 2.18. The van der Waals surface area contributed by atoms with Crippen molar-refractivity contribution in [2.45, 2.75) is 20.0 Å². The molecule has 3 heterocycles. The van der Waals surface area contributed by atoms with Crippen LogP contribution in [0.2, 0.25) is 0 Å². The Morgan fingerprint density at radius 3 is 2.59 bits per heavy atom. The van der Waals surface area contributed by atoms with Gasteiger partial charge in [-0.05, 0) is 23.7 Å². The first-order valence-corrected chi connectivity index (χ1v) is 9.76. The number of rotatable bonds is 6. The van der Waals surface area contributed by atoms with Crippen molar-refractivity contribution in [1.29, 1.82) is 0 Å². The summed E-state index contributed by atoms with van der Waals surface area (Å²) in [6.07, 6.45) is 4.04. The van der Waals surface area contributed by atoms with Gasteiger partial charge in [-0.25, -0.2) is 4.98 Å². The number of aryl methyl sites for hydroxylation is 1. The molecule has 1 N–H and O–H groups in total. The van der Waals surface area contributed by atoms with Gasteiger partial charge in [0.1, 0.15) is 5.82 Å². The van der Waals surface area contributed by atoms with E-state index in [0.717, 1.165) is 44.1 Å². The number of piperazine rings is 1. The number of aromatic nitrogens is 3. The summed E-state index contributed by atoms with van der Waals surface area (Å²) in [5.41, 5.74) is 3.51. The molecule has 0 spiro atoms. The van der Waals surface area contributed by atoms with E-state index in [0.29, 0.717) is 0 Å². The summed E-state index contributed by atoms with van der Waals surface area (Å²) in [6.45, 7) is 9.72. The fourth-order valence-electron chi connectivity index (χ4n) is 3.70. The summed E-state index contributed by atoms with van der Waals surface area (Å²) in [6, 6.07) is 10.6. The topological polar surface area (TPSA) is 49.2 Å². The summed E-state index contributed by atoms with van der Waals surface area (Å²) in [4.78, 5) is 9.62. The fourth-order valence-corrected chi connectivity index (χ4v) is 3.70. The first-order valence-electron chi connectivity index (χ1n) is 9.76. The average molecular weight is 364 g/mol. The van der Waals surface area contributed by atoms with Crippen LogP contribution >= 0.6 is 0 Å². The van der Waals surface area contributed by atoms with E-state index in [-0.39, 0.29) is 0 Å².